The Kier molecular flexibility index (Phi) is 6.20. The van der Waals surface area contributed by atoms with Gasteiger partial charge in [0, 0.05) is 25.2 Å². The van der Waals surface area contributed by atoms with Gasteiger partial charge in [-0.05, 0) is 19.3 Å². The average Bonchev–Trinajstić information content (AvgIpc) is 2.59. The molecule has 0 aliphatic carbocycles. The predicted molar refractivity (Wildman–Crippen MR) is 74.0 cm³/mol. The summed E-state index contributed by atoms with van der Waals surface area (Å²) in [6.45, 7) is 2.03. The number of aromatic nitrogens is 2. The maximum absolute atomic E-state index is 11.6. The number of Topliss-reactive ketones (excluding diaryl/α,β-unsaturated/α-hetero) is 1. The minimum Gasteiger partial charge on any atom is -0.300 e. The minimum atomic E-state index is 0.291. The molecule has 0 bridgehead atoms. The van der Waals surface area contributed by atoms with E-state index in [4.69, 9.17) is 11.6 Å². The number of nitrogens with zero attached hydrogens (tertiary/aromatic N) is 2. The third-order valence-corrected chi connectivity index (χ3v) is 3.73. The highest BCUT2D eigenvalue weighted by atomic mass is 79.9. The summed E-state index contributed by atoms with van der Waals surface area (Å²) in [7, 11) is 1.88. The van der Waals surface area contributed by atoms with Gasteiger partial charge in [0.05, 0.1) is 16.4 Å². The molecule has 96 valence electrons. The van der Waals surface area contributed by atoms with Crippen LogP contribution in [0.5, 0.6) is 0 Å². The SMILES string of the molecule is CCc1nn(C)c(CCC(=O)CCCBr)c1Cl. The molecule has 0 saturated heterocycles. The molecule has 0 saturated carbocycles. The van der Waals surface area contributed by atoms with Gasteiger partial charge in [-0.1, -0.05) is 34.5 Å². The molecule has 1 rings (SSSR count). The number of hydrogen-bond donors (Lipinski definition) is 0. The van der Waals surface area contributed by atoms with E-state index >= 15 is 0 Å². The molecule has 0 amide bonds. The van der Waals surface area contributed by atoms with Crippen molar-refractivity contribution in [1.82, 2.24) is 9.78 Å². The molecule has 0 atom stereocenters. The van der Waals surface area contributed by atoms with Gasteiger partial charge >= 0.3 is 0 Å². The molecule has 0 aromatic carbocycles. The van der Waals surface area contributed by atoms with Crippen molar-refractivity contribution in [2.45, 2.75) is 39.0 Å². The Morgan fingerprint density at radius 3 is 2.71 bits per heavy atom. The average molecular weight is 322 g/mol. The zero-order valence-electron chi connectivity index (χ0n) is 10.3. The molecule has 17 heavy (non-hydrogen) atoms. The van der Waals surface area contributed by atoms with E-state index in [0.717, 1.165) is 34.6 Å². The van der Waals surface area contributed by atoms with Gasteiger partial charge in [-0.15, -0.1) is 0 Å². The van der Waals surface area contributed by atoms with Gasteiger partial charge in [0.25, 0.3) is 0 Å². The van der Waals surface area contributed by atoms with Crippen LogP contribution in [0.4, 0.5) is 0 Å². The maximum Gasteiger partial charge on any atom is 0.133 e. The van der Waals surface area contributed by atoms with E-state index in [2.05, 4.69) is 21.0 Å². The second-order valence-corrected chi connectivity index (χ2v) is 5.19. The van der Waals surface area contributed by atoms with Crippen LogP contribution >= 0.6 is 27.5 Å². The molecule has 0 aliphatic heterocycles. The maximum atomic E-state index is 11.6. The first-order valence-electron chi connectivity index (χ1n) is 5.88. The molecule has 0 N–H and O–H groups in total. The quantitative estimate of drug-likeness (QED) is 0.722. The highest BCUT2D eigenvalue weighted by Crippen LogP contribution is 2.22. The van der Waals surface area contributed by atoms with Gasteiger partial charge in [0.15, 0.2) is 0 Å². The van der Waals surface area contributed by atoms with Crippen LogP contribution in [0.1, 0.15) is 37.6 Å². The molecular weight excluding hydrogens is 304 g/mol. The molecule has 0 aliphatic rings. The van der Waals surface area contributed by atoms with Crippen LogP contribution in [-0.2, 0) is 24.7 Å². The number of alkyl halides is 1. The van der Waals surface area contributed by atoms with E-state index < -0.39 is 0 Å². The summed E-state index contributed by atoms with van der Waals surface area (Å²) in [4.78, 5) is 11.6. The van der Waals surface area contributed by atoms with Crippen molar-refractivity contribution in [1.29, 1.82) is 0 Å². The van der Waals surface area contributed by atoms with Gasteiger partial charge in [-0.25, -0.2) is 0 Å². The van der Waals surface area contributed by atoms with Crippen LogP contribution in [0.25, 0.3) is 0 Å². The summed E-state index contributed by atoms with van der Waals surface area (Å²) in [5, 5.41) is 5.94. The number of halogens is 2. The zero-order valence-corrected chi connectivity index (χ0v) is 12.6. The standard InChI is InChI=1S/C12H18BrClN2O/c1-3-10-12(14)11(16(2)15-10)7-6-9(17)5-4-8-13/h3-8H2,1-2H3. The topological polar surface area (TPSA) is 34.9 Å². The summed E-state index contributed by atoms with van der Waals surface area (Å²) in [6.07, 6.45) is 3.60. The van der Waals surface area contributed by atoms with E-state index in [0.29, 0.717) is 25.0 Å². The molecule has 1 aromatic heterocycles. The summed E-state index contributed by atoms with van der Waals surface area (Å²) in [5.74, 6) is 0.291. The fraction of sp³-hybridized carbons (Fsp3) is 0.667. The van der Waals surface area contributed by atoms with Crippen LogP contribution in [0.15, 0.2) is 0 Å². The van der Waals surface area contributed by atoms with Crippen LogP contribution in [0, 0.1) is 0 Å². The Hall–Kier alpha value is -0.350. The monoisotopic (exact) mass is 320 g/mol. The Labute approximate surface area is 116 Å². The summed E-state index contributed by atoms with van der Waals surface area (Å²) < 4.78 is 1.79. The van der Waals surface area contributed by atoms with Crippen molar-refractivity contribution in [3.63, 3.8) is 0 Å². The number of carbonyl (C=O) groups is 1. The smallest absolute Gasteiger partial charge is 0.133 e. The molecule has 0 radical (unpaired) electrons. The van der Waals surface area contributed by atoms with Gasteiger partial charge < -0.3 is 0 Å². The molecule has 0 fully saturated rings. The molecule has 0 unspecified atom stereocenters. The van der Waals surface area contributed by atoms with Crippen molar-refractivity contribution in [3.8, 4) is 0 Å². The fourth-order valence-electron chi connectivity index (χ4n) is 1.74. The number of ketones is 1. The number of rotatable bonds is 7. The number of aryl methyl sites for hydroxylation is 2. The van der Waals surface area contributed by atoms with Crippen molar-refractivity contribution in [2.24, 2.45) is 7.05 Å². The van der Waals surface area contributed by atoms with Crippen molar-refractivity contribution < 1.29 is 4.79 Å². The van der Waals surface area contributed by atoms with E-state index in [1.165, 1.54) is 0 Å². The van der Waals surface area contributed by atoms with Crippen LogP contribution < -0.4 is 0 Å². The lowest BCUT2D eigenvalue weighted by Crippen LogP contribution is -2.04. The molecular formula is C12H18BrClN2O. The second-order valence-electron chi connectivity index (χ2n) is 4.02. The van der Waals surface area contributed by atoms with Crippen molar-refractivity contribution >= 4 is 33.3 Å². The lowest BCUT2D eigenvalue weighted by molar-refractivity contribution is -0.119. The van der Waals surface area contributed by atoms with E-state index in [1.807, 2.05) is 14.0 Å². The lowest BCUT2D eigenvalue weighted by Gasteiger charge is -2.02. The summed E-state index contributed by atoms with van der Waals surface area (Å²) >= 11 is 9.54. The Morgan fingerprint density at radius 2 is 2.18 bits per heavy atom. The van der Waals surface area contributed by atoms with Gasteiger partial charge in [-0.3, -0.25) is 9.48 Å². The highest BCUT2D eigenvalue weighted by Gasteiger charge is 2.13. The summed E-state index contributed by atoms with van der Waals surface area (Å²) in [5.41, 5.74) is 1.88. The predicted octanol–water partition coefficient (Wildman–Crippen LogP) is 3.31. The van der Waals surface area contributed by atoms with Gasteiger partial charge in [0.2, 0.25) is 0 Å². The van der Waals surface area contributed by atoms with E-state index in [1.54, 1.807) is 4.68 Å². The van der Waals surface area contributed by atoms with Gasteiger partial charge in [-0.2, -0.15) is 5.10 Å². The normalized spacial score (nSPS) is 10.8. The van der Waals surface area contributed by atoms with E-state index in [9.17, 15) is 4.79 Å². The fourth-order valence-corrected chi connectivity index (χ4v) is 2.41. The van der Waals surface area contributed by atoms with Crippen molar-refractivity contribution in [3.05, 3.63) is 16.4 Å². The third kappa shape index (κ3) is 4.11. The first-order chi connectivity index (χ1) is 8.10. The lowest BCUT2D eigenvalue weighted by atomic mass is 10.1. The number of hydrogen-bond acceptors (Lipinski definition) is 2. The molecule has 0 spiro atoms. The molecule has 1 heterocycles. The molecule has 3 nitrogen and oxygen atoms in total. The Morgan fingerprint density at radius 1 is 1.47 bits per heavy atom. The van der Waals surface area contributed by atoms with Crippen LogP contribution in [0.3, 0.4) is 0 Å². The number of carbonyl (C=O) groups excluding carboxylic acids is 1. The third-order valence-electron chi connectivity index (χ3n) is 2.73. The van der Waals surface area contributed by atoms with Gasteiger partial charge in [0.1, 0.15) is 5.78 Å². The second kappa shape index (κ2) is 7.17. The highest BCUT2D eigenvalue weighted by molar-refractivity contribution is 9.09. The van der Waals surface area contributed by atoms with Crippen molar-refractivity contribution in [2.75, 3.05) is 5.33 Å². The molecule has 5 heteroatoms. The molecule has 1 aromatic rings. The first-order valence-corrected chi connectivity index (χ1v) is 7.38. The van der Waals surface area contributed by atoms with Crippen LogP contribution in [-0.4, -0.2) is 20.9 Å². The zero-order chi connectivity index (χ0) is 12.8. The Balaban J connectivity index is 2.57. The largest absolute Gasteiger partial charge is 0.300 e. The first kappa shape index (κ1) is 14.7. The van der Waals surface area contributed by atoms with E-state index in [-0.39, 0.29) is 0 Å². The minimum absolute atomic E-state index is 0.291. The Bertz CT molecular complexity index is 390. The summed E-state index contributed by atoms with van der Waals surface area (Å²) in [6, 6.07) is 0. The van der Waals surface area contributed by atoms with Crippen LogP contribution in [0.2, 0.25) is 5.02 Å².